The molecule has 0 aliphatic rings. The summed E-state index contributed by atoms with van der Waals surface area (Å²) in [6.07, 6.45) is 2.96. The van der Waals surface area contributed by atoms with E-state index in [1.54, 1.807) is 18.2 Å². The second kappa shape index (κ2) is 6.69. The first-order chi connectivity index (χ1) is 10.5. The first kappa shape index (κ1) is 16.1. The molecule has 0 saturated carbocycles. The number of nitrogens with two attached hydrogens (primary N) is 1. The quantitative estimate of drug-likeness (QED) is 0.855. The normalized spacial score (nSPS) is 10.9. The highest BCUT2D eigenvalue weighted by molar-refractivity contribution is 6.02. The summed E-state index contributed by atoms with van der Waals surface area (Å²) in [6, 6.07) is 7.00. The van der Waals surface area contributed by atoms with Gasteiger partial charge in [-0.25, -0.2) is 0 Å². The minimum Gasteiger partial charge on any atom is -0.508 e. The van der Waals surface area contributed by atoms with Crippen molar-refractivity contribution in [3.8, 4) is 16.9 Å². The number of amides is 1. The van der Waals surface area contributed by atoms with Crippen molar-refractivity contribution >= 4 is 5.91 Å². The van der Waals surface area contributed by atoms with Crippen molar-refractivity contribution in [1.29, 1.82) is 0 Å². The zero-order valence-electron chi connectivity index (χ0n) is 13.5. The molecule has 118 valence electrons. The fraction of sp³-hybridized carbons (Fsp3) is 0.389. The molecule has 4 heteroatoms. The van der Waals surface area contributed by atoms with Crippen molar-refractivity contribution in [3.63, 3.8) is 0 Å². The van der Waals surface area contributed by atoms with Gasteiger partial charge in [0.15, 0.2) is 0 Å². The molecule has 4 nitrogen and oxygen atoms in total. The van der Waals surface area contributed by atoms with Crippen molar-refractivity contribution in [2.45, 2.75) is 46.6 Å². The van der Waals surface area contributed by atoms with E-state index in [4.69, 9.17) is 5.73 Å². The number of hydrogen-bond donors (Lipinski definition) is 2. The molecule has 0 saturated heterocycles. The molecule has 0 radical (unpaired) electrons. The minimum atomic E-state index is -0.416. The lowest BCUT2D eigenvalue weighted by atomic mass is 9.98. The van der Waals surface area contributed by atoms with Crippen LogP contribution in [0, 0.1) is 6.92 Å². The van der Waals surface area contributed by atoms with Crippen molar-refractivity contribution in [2.75, 3.05) is 0 Å². The van der Waals surface area contributed by atoms with Crippen LogP contribution < -0.4 is 5.73 Å². The largest absolute Gasteiger partial charge is 0.508 e. The highest BCUT2D eigenvalue weighted by Gasteiger charge is 2.23. The number of aromatic hydroxyl groups is 1. The fourth-order valence-electron chi connectivity index (χ4n) is 3.06. The Morgan fingerprint density at radius 3 is 2.59 bits per heavy atom. The molecule has 0 aliphatic carbocycles. The highest BCUT2D eigenvalue weighted by Crippen LogP contribution is 2.34. The summed E-state index contributed by atoms with van der Waals surface area (Å²) in [5.41, 5.74) is 9.92. The Balaban J connectivity index is 2.72. The predicted octanol–water partition coefficient (Wildman–Crippen LogP) is 3.63. The van der Waals surface area contributed by atoms with Gasteiger partial charge < -0.3 is 15.4 Å². The molecule has 1 heterocycles. The Bertz CT molecular complexity index is 687. The molecule has 0 spiro atoms. The SMILES string of the molecule is CCCCn1c(C)c(C(N)=O)c(-c2cccc(O)c2)c1CC. The van der Waals surface area contributed by atoms with Gasteiger partial charge in [0, 0.05) is 23.5 Å². The predicted molar refractivity (Wildman–Crippen MR) is 89.1 cm³/mol. The molecule has 1 aromatic carbocycles. The average molecular weight is 300 g/mol. The fourth-order valence-corrected chi connectivity index (χ4v) is 3.06. The summed E-state index contributed by atoms with van der Waals surface area (Å²) in [5.74, 6) is -0.227. The van der Waals surface area contributed by atoms with Crippen LogP contribution in [-0.2, 0) is 13.0 Å². The molecule has 0 bridgehead atoms. The lowest BCUT2D eigenvalue weighted by molar-refractivity contribution is 0.1000. The number of benzene rings is 1. The van der Waals surface area contributed by atoms with Crippen LogP contribution in [0.3, 0.4) is 0 Å². The summed E-state index contributed by atoms with van der Waals surface area (Å²) in [4.78, 5) is 12.0. The van der Waals surface area contributed by atoms with Gasteiger partial charge in [0.05, 0.1) is 5.56 Å². The van der Waals surface area contributed by atoms with E-state index in [1.165, 1.54) is 0 Å². The summed E-state index contributed by atoms with van der Waals surface area (Å²) >= 11 is 0. The Kier molecular flexibility index (Phi) is 4.91. The summed E-state index contributed by atoms with van der Waals surface area (Å²) in [5, 5.41) is 9.76. The topological polar surface area (TPSA) is 68.2 Å². The van der Waals surface area contributed by atoms with E-state index in [0.29, 0.717) is 5.56 Å². The van der Waals surface area contributed by atoms with Gasteiger partial charge in [-0.3, -0.25) is 4.79 Å². The Labute approximate surface area is 131 Å². The molecule has 3 N–H and O–H groups in total. The third-order valence-electron chi connectivity index (χ3n) is 4.08. The number of aromatic nitrogens is 1. The minimum absolute atomic E-state index is 0.189. The third-order valence-corrected chi connectivity index (χ3v) is 4.08. The van der Waals surface area contributed by atoms with Crippen molar-refractivity contribution in [3.05, 3.63) is 41.2 Å². The van der Waals surface area contributed by atoms with Gasteiger partial charge in [0.25, 0.3) is 5.91 Å². The lowest BCUT2D eigenvalue weighted by Gasteiger charge is -2.11. The highest BCUT2D eigenvalue weighted by atomic mass is 16.3. The van der Waals surface area contributed by atoms with Gasteiger partial charge in [-0.05, 0) is 37.5 Å². The number of nitrogens with zero attached hydrogens (tertiary/aromatic N) is 1. The van der Waals surface area contributed by atoms with E-state index < -0.39 is 5.91 Å². The van der Waals surface area contributed by atoms with Gasteiger partial charge >= 0.3 is 0 Å². The first-order valence-electron chi connectivity index (χ1n) is 7.82. The van der Waals surface area contributed by atoms with E-state index in [-0.39, 0.29) is 5.75 Å². The number of rotatable bonds is 6. The smallest absolute Gasteiger partial charge is 0.251 e. The molecule has 2 aromatic rings. The van der Waals surface area contributed by atoms with E-state index in [0.717, 1.165) is 48.3 Å². The van der Waals surface area contributed by atoms with Crippen molar-refractivity contribution in [2.24, 2.45) is 5.73 Å². The molecule has 2 rings (SSSR count). The van der Waals surface area contributed by atoms with Gasteiger partial charge in [-0.15, -0.1) is 0 Å². The van der Waals surface area contributed by atoms with Crippen LogP contribution in [0.4, 0.5) is 0 Å². The van der Waals surface area contributed by atoms with Gasteiger partial charge in [-0.1, -0.05) is 32.4 Å². The number of carbonyl (C=O) groups is 1. The van der Waals surface area contributed by atoms with E-state index in [2.05, 4.69) is 18.4 Å². The number of hydrogen-bond acceptors (Lipinski definition) is 2. The van der Waals surface area contributed by atoms with Crippen LogP contribution in [0.2, 0.25) is 0 Å². The molecule has 0 atom stereocenters. The van der Waals surface area contributed by atoms with Crippen LogP contribution in [0.25, 0.3) is 11.1 Å². The summed E-state index contributed by atoms with van der Waals surface area (Å²) < 4.78 is 2.20. The molecule has 1 aromatic heterocycles. The average Bonchev–Trinajstić information content (AvgIpc) is 2.77. The molecule has 0 fully saturated rings. The van der Waals surface area contributed by atoms with Crippen LogP contribution in [0.1, 0.15) is 48.4 Å². The van der Waals surface area contributed by atoms with E-state index in [1.807, 2.05) is 13.0 Å². The molecular weight excluding hydrogens is 276 g/mol. The summed E-state index contributed by atoms with van der Waals surface area (Å²) in [6.45, 7) is 7.05. The summed E-state index contributed by atoms with van der Waals surface area (Å²) in [7, 11) is 0. The number of carbonyl (C=O) groups excluding carboxylic acids is 1. The molecule has 0 aliphatic heterocycles. The monoisotopic (exact) mass is 300 g/mol. The third kappa shape index (κ3) is 2.86. The Morgan fingerprint density at radius 2 is 2.05 bits per heavy atom. The second-order valence-corrected chi connectivity index (χ2v) is 5.56. The van der Waals surface area contributed by atoms with Crippen molar-refractivity contribution in [1.82, 2.24) is 4.57 Å². The van der Waals surface area contributed by atoms with E-state index >= 15 is 0 Å². The molecular formula is C18H24N2O2. The molecule has 0 unspecified atom stereocenters. The second-order valence-electron chi connectivity index (χ2n) is 5.56. The zero-order valence-corrected chi connectivity index (χ0v) is 13.5. The van der Waals surface area contributed by atoms with Crippen LogP contribution in [-0.4, -0.2) is 15.6 Å². The van der Waals surface area contributed by atoms with Gasteiger partial charge in [0.1, 0.15) is 5.75 Å². The number of primary amides is 1. The maximum absolute atomic E-state index is 12.0. The van der Waals surface area contributed by atoms with Crippen LogP contribution in [0.5, 0.6) is 5.75 Å². The maximum Gasteiger partial charge on any atom is 0.251 e. The van der Waals surface area contributed by atoms with Crippen LogP contribution in [0.15, 0.2) is 24.3 Å². The maximum atomic E-state index is 12.0. The van der Waals surface area contributed by atoms with Gasteiger partial charge in [0.2, 0.25) is 0 Å². The molecule has 1 amide bonds. The standard InChI is InChI=1S/C18H24N2O2/c1-4-6-10-20-12(3)16(18(19)22)17(15(20)5-2)13-8-7-9-14(21)11-13/h7-9,11,21H,4-6,10H2,1-3H3,(H2,19,22). The lowest BCUT2D eigenvalue weighted by Crippen LogP contribution is -2.13. The Hall–Kier alpha value is -2.23. The molecule has 22 heavy (non-hydrogen) atoms. The number of phenolic OH excluding ortho intramolecular Hbond substituents is 1. The van der Waals surface area contributed by atoms with Crippen LogP contribution >= 0.6 is 0 Å². The van der Waals surface area contributed by atoms with Crippen molar-refractivity contribution < 1.29 is 9.90 Å². The van der Waals surface area contributed by atoms with E-state index in [9.17, 15) is 9.90 Å². The first-order valence-corrected chi connectivity index (χ1v) is 7.82. The number of unbranched alkanes of at least 4 members (excludes halogenated alkanes) is 1. The number of phenols is 1. The zero-order chi connectivity index (χ0) is 16.3. The van der Waals surface area contributed by atoms with Gasteiger partial charge in [-0.2, -0.15) is 0 Å². The Morgan fingerprint density at radius 1 is 1.32 bits per heavy atom.